The fraction of sp³-hybridized carbons (Fsp3) is 0.750. The maximum atomic E-state index is 5.84. The molecular formula is C12H22N4OS. The van der Waals surface area contributed by atoms with E-state index in [0.717, 1.165) is 30.9 Å². The van der Waals surface area contributed by atoms with Crippen LogP contribution in [0.5, 0.6) is 5.75 Å². The lowest BCUT2D eigenvalue weighted by atomic mass is 10.1. The van der Waals surface area contributed by atoms with Crippen LogP contribution in [0.4, 0.5) is 10.8 Å². The number of nitrogen functional groups attached to an aromatic ring is 1. The molecule has 102 valence electrons. The highest BCUT2D eigenvalue weighted by molar-refractivity contribution is 7.11. The van der Waals surface area contributed by atoms with Crippen LogP contribution in [0.15, 0.2) is 0 Å². The lowest BCUT2D eigenvalue weighted by molar-refractivity contribution is 0.243. The summed E-state index contributed by atoms with van der Waals surface area (Å²) in [4.78, 5) is 2.35. The van der Waals surface area contributed by atoms with Crippen LogP contribution >= 0.6 is 11.5 Å². The van der Waals surface area contributed by atoms with E-state index in [0.29, 0.717) is 17.6 Å². The second-order valence-corrected chi connectivity index (χ2v) is 5.89. The van der Waals surface area contributed by atoms with E-state index in [1.165, 1.54) is 11.5 Å². The van der Waals surface area contributed by atoms with Crippen molar-refractivity contribution in [3.8, 4) is 5.75 Å². The molecule has 5 nitrogen and oxygen atoms in total. The number of piperidine rings is 1. The van der Waals surface area contributed by atoms with Crippen LogP contribution in [-0.2, 0) is 0 Å². The molecule has 1 aliphatic rings. The quantitative estimate of drug-likeness (QED) is 0.876. The first kappa shape index (κ1) is 13.4. The van der Waals surface area contributed by atoms with Gasteiger partial charge >= 0.3 is 0 Å². The van der Waals surface area contributed by atoms with Crippen LogP contribution in [0.3, 0.4) is 0 Å². The maximum absolute atomic E-state index is 5.84. The van der Waals surface area contributed by atoms with Gasteiger partial charge in [-0.05, 0) is 58.4 Å². The van der Waals surface area contributed by atoms with Gasteiger partial charge in [-0.1, -0.05) is 0 Å². The highest BCUT2D eigenvalue weighted by Crippen LogP contribution is 2.37. The van der Waals surface area contributed by atoms with Gasteiger partial charge in [-0.3, -0.25) is 0 Å². The molecule has 1 fully saturated rings. The van der Waals surface area contributed by atoms with Gasteiger partial charge in [-0.25, -0.2) is 0 Å². The largest absolute Gasteiger partial charge is 0.484 e. The minimum Gasteiger partial charge on any atom is -0.484 e. The molecule has 1 aliphatic heterocycles. The molecule has 0 aromatic carbocycles. The number of anilines is 2. The van der Waals surface area contributed by atoms with E-state index >= 15 is 0 Å². The molecule has 0 saturated carbocycles. The molecule has 0 spiro atoms. The predicted molar refractivity (Wildman–Crippen MR) is 76.4 cm³/mol. The summed E-state index contributed by atoms with van der Waals surface area (Å²) in [5, 5.41) is 4.49. The van der Waals surface area contributed by atoms with Crippen LogP contribution in [0.25, 0.3) is 0 Å². The molecule has 18 heavy (non-hydrogen) atoms. The van der Waals surface area contributed by atoms with Crippen LogP contribution in [0, 0.1) is 0 Å². The minimum atomic E-state index is 0.113. The first-order chi connectivity index (χ1) is 8.56. The first-order valence-corrected chi connectivity index (χ1v) is 7.20. The lowest BCUT2D eigenvalue weighted by Gasteiger charge is -2.29. The van der Waals surface area contributed by atoms with Crippen LogP contribution < -0.4 is 15.8 Å². The van der Waals surface area contributed by atoms with Crippen molar-refractivity contribution >= 4 is 22.4 Å². The Morgan fingerprint density at radius 1 is 1.44 bits per heavy atom. The Morgan fingerprint density at radius 3 is 2.72 bits per heavy atom. The maximum Gasteiger partial charge on any atom is 0.197 e. The third kappa shape index (κ3) is 3.26. The molecule has 6 heteroatoms. The SMILES string of the molecule is CC(C)Oc1c(N)nsc1NC1CCN(C)CC1. The summed E-state index contributed by atoms with van der Waals surface area (Å²) < 4.78 is 9.90. The summed E-state index contributed by atoms with van der Waals surface area (Å²) in [6.45, 7) is 6.26. The van der Waals surface area contributed by atoms with Crippen LogP contribution in [-0.4, -0.2) is 41.6 Å². The molecule has 0 atom stereocenters. The van der Waals surface area contributed by atoms with Gasteiger partial charge in [0.05, 0.1) is 6.10 Å². The fourth-order valence-electron chi connectivity index (χ4n) is 2.07. The molecule has 0 bridgehead atoms. The summed E-state index contributed by atoms with van der Waals surface area (Å²) in [5.74, 6) is 1.21. The first-order valence-electron chi connectivity index (χ1n) is 6.43. The number of ether oxygens (including phenoxy) is 1. The third-order valence-electron chi connectivity index (χ3n) is 3.08. The van der Waals surface area contributed by atoms with E-state index in [1.807, 2.05) is 13.8 Å². The van der Waals surface area contributed by atoms with Crippen molar-refractivity contribution in [2.45, 2.75) is 38.8 Å². The Balaban J connectivity index is 2.00. The molecule has 1 saturated heterocycles. The monoisotopic (exact) mass is 270 g/mol. The number of hydrogen-bond acceptors (Lipinski definition) is 6. The van der Waals surface area contributed by atoms with Crippen molar-refractivity contribution < 1.29 is 4.74 Å². The Labute approximate surface area is 112 Å². The normalized spacial score (nSPS) is 18.2. The van der Waals surface area contributed by atoms with Crippen molar-refractivity contribution in [3.05, 3.63) is 0 Å². The van der Waals surface area contributed by atoms with E-state index in [9.17, 15) is 0 Å². The van der Waals surface area contributed by atoms with Crippen molar-refractivity contribution in [3.63, 3.8) is 0 Å². The zero-order chi connectivity index (χ0) is 13.1. The number of rotatable bonds is 4. The highest BCUT2D eigenvalue weighted by Gasteiger charge is 2.21. The summed E-state index contributed by atoms with van der Waals surface area (Å²) in [6.07, 6.45) is 2.41. The lowest BCUT2D eigenvalue weighted by Crippen LogP contribution is -2.36. The second-order valence-electron chi connectivity index (χ2n) is 5.11. The Bertz CT molecular complexity index is 385. The Hall–Kier alpha value is -1.01. The number of aromatic nitrogens is 1. The van der Waals surface area contributed by atoms with Gasteiger partial charge in [0.2, 0.25) is 0 Å². The van der Waals surface area contributed by atoms with Gasteiger partial charge in [-0.2, -0.15) is 4.37 Å². The van der Waals surface area contributed by atoms with E-state index in [2.05, 4.69) is 21.6 Å². The Morgan fingerprint density at radius 2 is 2.11 bits per heavy atom. The topological polar surface area (TPSA) is 63.4 Å². The molecule has 0 radical (unpaired) electrons. The number of nitrogens with zero attached hydrogens (tertiary/aromatic N) is 2. The standard InChI is InChI=1S/C12H22N4OS/c1-8(2)17-10-11(13)15-18-12(10)14-9-4-6-16(3)7-5-9/h8-9,14H,4-7H2,1-3H3,(H2,13,15). The highest BCUT2D eigenvalue weighted by atomic mass is 32.1. The van der Waals surface area contributed by atoms with Crippen LogP contribution in [0.2, 0.25) is 0 Å². The minimum absolute atomic E-state index is 0.113. The summed E-state index contributed by atoms with van der Waals surface area (Å²) in [7, 11) is 2.16. The number of likely N-dealkylation sites (tertiary alicyclic amines) is 1. The van der Waals surface area contributed by atoms with Crippen molar-refractivity contribution in [1.82, 2.24) is 9.27 Å². The third-order valence-corrected chi connectivity index (χ3v) is 3.86. The van der Waals surface area contributed by atoms with Gasteiger partial charge < -0.3 is 20.7 Å². The van der Waals surface area contributed by atoms with Gasteiger partial charge in [0, 0.05) is 6.04 Å². The molecular weight excluding hydrogens is 248 g/mol. The number of nitrogens with one attached hydrogen (secondary N) is 1. The van der Waals surface area contributed by atoms with Crippen molar-refractivity contribution in [2.75, 3.05) is 31.2 Å². The molecule has 0 aliphatic carbocycles. The molecule has 0 amide bonds. The predicted octanol–water partition coefficient (Wildman–Crippen LogP) is 2.02. The van der Waals surface area contributed by atoms with Gasteiger partial charge in [0.1, 0.15) is 0 Å². The van der Waals surface area contributed by atoms with Gasteiger partial charge in [0.25, 0.3) is 0 Å². The van der Waals surface area contributed by atoms with E-state index < -0.39 is 0 Å². The molecule has 2 heterocycles. The average molecular weight is 270 g/mol. The molecule has 1 aromatic rings. The smallest absolute Gasteiger partial charge is 0.197 e. The molecule has 2 rings (SSSR count). The summed E-state index contributed by atoms with van der Waals surface area (Å²) >= 11 is 1.39. The number of nitrogens with two attached hydrogens (primary N) is 1. The summed E-state index contributed by atoms with van der Waals surface area (Å²) in [5.41, 5.74) is 5.84. The zero-order valence-electron chi connectivity index (χ0n) is 11.3. The summed E-state index contributed by atoms with van der Waals surface area (Å²) in [6, 6.07) is 0.496. The van der Waals surface area contributed by atoms with Gasteiger partial charge in [-0.15, -0.1) is 0 Å². The van der Waals surface area contributed by atoms with E-state index in [-0.39, 0.29) is 6.10 Å². The number of hydrogen-bond donors (Lipinski definition) is 2. The van der Waals surface area contributed by atoms with Crippen molar-refractivity contribution in [1.29, 1.82) is 0 Å². The van der Waals surface area contributed by atoms with Crippen LogP contribution in [0.1, 0.15) is 26.7 Å². The van der Waals surface area contributed by atoms with Crippen molar-refractivity contribution in [2.24, 2.45) is 0 Å². The van der Waals surface area contributed by atoms with Gasteiger partial charge in [0.15, 0.2) is 16.6 Å². The molecule has 3 N–H and O–H groups in total. The Kier molecular flexibility index (Phi) is 4.29. The zero-order valence-corrected chi connectivity index (χ0v) is 12.1. The second kappa shape index (κ2) is 5.75. The molecule has 0 unspecified atom stereocenters. The van der Waals surface area contributed by atoms with E-state index in [4.69, 9.17) is 10.5 Å². The molecule has 1 aromatic heterocycles. The average Bonchev–Trinajstić information content (AvgIpc) is 2.64. The fourth-order valence-corrected chi connectivity index (χ4v) is 2.80. The van der Waals surface area contributed by atoms with E-state index in [1.54, 1.807) is 0 Å².